The van der Waals surface area contributed by atoms with Gasteiger partial charge in [0.2, 0.25) is 0 Å². The molecule has 6 nitrogen and oxygen atoms in total. The fourth-order valence-corrected chi connectivity index (χ4v) is 3.64. The van der Waals surface area contributed by atoms with Gasteiger partial charge in [-0.3, -0.25) is 0 Å². The lowest BCUT2D eigenvalue weighted by Crippen LogP contribution is -2.18. The van der Waals surface area contributed by atoms with E-state index in [1.807, 2.05) is 0 Å². The average molecular weight is 289 g/mol. The number of nitrogens with zero attached hydrogens (tertiary/aromatic N) is 4. The topological polar surface area (TPSA) is 77.2 Å². The summed E-state index contributed by atoms with van der Waals surface area (Å²) in [6, 6.07) is 1.50. The van der Waals surface area contributed by atoms with E-state index in [9.17, 15) is 8.42 Å². The summed E-state index contributed by atoms with van der Waals surface area (Å²) in [5.74, 6) is 0.439. The minimum absolute atomic E-state index is 0.0189. The highest BCUT2D eigenvalue weighted by Gasteiger charge is 2.22. The van der Waals surface area contributed by atoms with Crippen LogP contribution in [-0.4, -0.2) is 39.6 Å². The maximum atomic E-state index is 12.3. The number of hydrogen-bond donors (Lipinski definition) is 0. The number of sulfone groups is 1. The molecule has 0 bridgehead atoms. The first-order valence-corrected chi connectivity index (χ1v) is 7.59. The van der Waals surface area contributed by atoms with Crippen LogP contribution in [0.1, 0.15) is 12.6 Å². The van der Waals surface area contributed by atoms with E-state index in [4.69, 9.17) is 11.6 Å². The molecular formula is C10H13ClN4O2S. The lowest BCUT2D eigenvalue weighted by molar-refractivity contribution is 0.574. The van der Waals surface area contributed by atoms with Gasteiger partial charge in [-0.15, -0.1) is 11.6 Å². The molecule has 0 radical (unpaired) electrons. The number of aryl methyl sites for hydroxylation is 1. The highest BCUT2D eigenvalue weighted by molar-refractivity contribution is 7.91. The molecule has 8 heteroatoms. The van der Waals surface area contributed by atoms with Crippen LogP contribution in [0.15, 0.2) is 17.4 Å². The van der Waals surface area contributed by atoms with Crippen LogP contribution in [0.5, 0.6) is 0 Å². The number of hydrogen-bond acceptors (Lipinski definition) is 5. The SMILES string of the molecule is Cc1cc(S(=O)(=O)CC(C)CCl)n2ncnc2n1. The Bertz CT molecular complexity index is 668. The Hall–Kier alpha value is -1.21. The maximum absolute atomic E-state index is 12.3. The van der Waals surface area contributed by atoms with Gasteiger partial charge in [0.25, 0.3) is 5.78 Å². The van der Waals surface area contributed by atoms with E-state index in [1.54, 1.807) is 13.8 Å². The molecule has 0 aliphatic rings. The zero-order valence-corrected chi connectivity index (χ0v) is 11.6. The standard InChI is InChI=1S/C10H13ClN4O2S/c1-7(4-11)5-18(16,17)9-3-8(2)14-10-12-6-13-15(9)10/h3,6-7H,4-5H2,1-2H3. The van der Waals surface area contributed by atoms with Gasteiger partial charge in [-0.1, -0.05) is 6.92 Å². The fourth-order valence-electron chi connectivity index (χ4n) is 1.62. The van der Waals surface area contributed by atoms with Gasteiger partial charge in [0.15, 0.2) is 14.9 Å². The summed E-state index contributed by atoms with van der Waals surface area (Å²) in [6.07, 6.45) is 1.28. The minimum atomic E-state index is -3.45. The van der Waals surface area contributed by atoms with Crippen LogP contribution in [0, 0.1) is 12.8 Å². The summed E-state index contributed by atoms with van der Waals surface area (Å²) in [6.45, 7) is 3.51. The minimum Gasteiger partial charge on any atom is -0.222 e. The summed E-state index contributed by atoms with van der Waals surface area (Å²) in [5, 5.41) is 4.00. The van der Waals surface area contributed by atoms with Crippen molar-refractivity contribution < 1.29 is 8.42 Å². The summed E-state index contributed by atoms with van der Waals surface area (Å²) in [4.78, 5) is 8.01. The van der Waals surface area contributed by atoms with E-state index < -0.39 is 9.84 Å². The van der Waals surface area contributed by atoms with Crippen molar-refractivity contribution in [2.75, 3.05) is 11.6 Å². The van der Waals surface area contributed by atoms with Crippen LogP contribution in [-0.2, 0) is 9.84 Å². The molecule has 2 rings (SSSR count). The van der Waals surface area contributed by atoms with Crippen LogP contribution in [0.3, 0.4) is 0 Å². The second-order valence-corrected chi connectivity index (χ2v) is 6.54. The van der Waals surface area contributed by atoms with Crippen molar-refractivity contribution in [3.63, 3.8) is 0 Å². The Balaban J connectivity index is 2.56. The molecule has 2 aromatic heterocycles. The summed E-state index contributed by atoms with van der Waals surface area (Å²) >= 11 is 5.66. The predicted octanol–water partition coefficient (Wildman–Crippen LogP) is 1.08. The van der Waals surface area contributed by atoms with Crippen molar-refractivity contribution in [3.05, 3.63) is 18.1 Å². The van der Waals surface area contributed by atoms with E-state index in [1.165, 1.54) is 16.9 Å². The Morgan fingerprint density at radius 1 is 1.50 bits per heavy atom. The summed E-state index contributed by atoms with van der Waals surface area (Å²) in [7, 11) is -3.45. The van der Waals surface area contributed by atoms with E-state index in [2.05, 4.69) is 15.1 Å². The molecule has 1 unspecified atom stereocenters. The highest BCUT2D eigenvalue weighted by Crippen LogP contribution is 2.16. The molecule has 0 N–H and O–H groups in total. The lowest BCUT2D eigenvalue weighted by Gasteiger charge is -2.10. The van der Waals surface area contributed by atoms with Gasteiger partial charge in [-0.25, -0.2) is 13.4 Å². The van der Waals surface area contributed by atoms with E-state index in [0.29, 0.717) is 11.6 Å². The first-order chi connectivity index (χ1) is 8.44. The second-order valence-electron chi connectivity index (χ2n) is 4.25. The van der Waals surface area contributed by atoms with Crippen LogP contribution in [0.4, 0.5) is 0 Å². The van der Waals surface area contributed by atoms with Crippen molar-refractivity contribution in [2.45, 2.75) is 18.9 Å². The van der Waals surface area contributed by atoms with Gasteiger partial charge in [-0.2, -0.15) is 14.6 Å². The third-order valence-corrected chi connectivity index (χ3v) is 4.90. The first kappa shape index (κ1) is 13.2. The van der Waals surface area contributed by atoms with Gasteiger partial charge in [0.1, 0.15) is 6.33 Å². The largest absolute Gasteiger partial charge is 0.253 e. The number of fused-ring (bicyclic) bond motifs is 1. The Morgan fingerprint density at radius 3 is 2.89 bits per heavy atom. The summed E-state index contributed by atoms with van der Waals surface area (Å²) < 4.78 is 25.8. The highest BCUT2D eigenvalue weighted by atomic mass is 35.5. The molecule has 0 aromatic carbocycles. The van der Waals surface area contributed by atoms with Gasteiger partial charge in [0, 0.05) is 11.6 Å². The van der Waals surface area contributed by atoms with E-state index in [0.717, 1.165) is 0 Å². The molecule has 0 aliphatic heterocycles. The van der Waals surface area contributed by atoms with Gasteiger partial charge < -0.3 is 0 Å². The average Bonchev–Trinajstić information content (AvgIpc) is 2.74. The van der Waals surface area contributed by atoms with Gasteiger partial charge in [0.05, 0.1) is 5.75 Å². The van der Waals surface area contributed by atoms with Crippen molar-refractivity contribution in [1.82, 2.24) is 19.6 Å². The zero-order valence-electron chi connectivity index (χ0n) is 10.0. The first-order valence-electron chi connectivity index (χ1n) is 5.40. The number of alkyl halides is 1. The van der Waals surface area contributed by atoms with E-state index >= 15 is 0 Å². The van der Waals surface area contributed by atoms with Crippen molar-refractivity contribution in [1.29, 1.82) is 0 Å². The number of aromatic nitrogens is 4. The monoisotopic (exact) mass is 288 g/mol. The van der Waals surface area contributed by atoms with Crippen molar-refractivity contribution >= 4 is 27.2 Å². The van der Waals surface area contributed by atoms with Gasteiger partial charge >= 0.3 is 0 Å². The Kier molecular flexibility index (Phi) is 3.54. The molecule has 2 aromatic rings. The fraction of sp³-hybridized carbons (Fsp3) is 0.500. The Labute approximate surface area is 110 Å². The molecule has 2 heterocycles. The second kappa shape index (κ2) is 4.81. The number of rotatable bonds is 4. The molecule has 0 spiro atoms. The van der Waals surface area contributed by atoms with Crippen molar-refractivity contribution in [2.24, 2.45) is 5.92 Å². The quantitative estimate of drug-likeness (QED) is 0.621. The van der Waals surface area contributed by atoms with E-state index in [-0.39, 0.29) is 22.5 Å². The molecule has 0 amide bonds. The molecule has 0 fully saturated rings. The molecule has 98 valence electrons. The normalized spacial score (nSPS) is 13.9. The Morgan fingerprint density at radius 2 is 2.22 bits per heavy atom. The van der Waals surface area contributed by atoms with Crippen molar-refractivity contribution in [3.8, 4) is 0 Å². The number of halogens is 1. The van der Waals surface area contributed by atoms with Crippen LogP contribution >= 0.6 is 11.6 Å². The third-order valence-electron chi connectivity index (χ3n) is 2.43. The summed E-state index contributed by atoms with van der Waals surface area (Å²) in [5.41, 5.74) is 0.590. The molecule has 18 heavy (non-hydrogen) atoms. The predicted molar refractivity (Wildman–Crippen MR) is 67.5 cm³/mol. The molecular weight excluding hydrogens is 276 g/mol. The third kappa shape index (κ3) is 2.46. The molecule has 1 atom stereocenters. The van der Waals surface area contributed by atoms with Gasteiger partial charge in [-0.05, 0) is 18.9 Å². The molecule has 0 saturated heterocycles. The van der Waals surface area contributed by atoms with Crippen LogP contribution in [0.25, 0.3) is 5.78 Å². The molecule has 0 saturated carbocycles. The molecule has 0 aliphatic carbocycles. The zero-order chi connectivity index (χ0) is 13.3. The van der Waals surface area contributed by atoms with Crippen LogP contribution < -0.4 is 0 Å². The lowest BCUT2D eigenvalue weighted by atomic mass is 10.3. The smallest absolute Gasteiger partial charge is 0.222 e. The maximum Gasteiger partial charge on any atom is 0.253 e. The van der Waals surface area contributed by atoms with Crippen LogP contribution in [0.2, 0.25) is 0 Å².